The molecule has 4 rings (SSSR count). The van der Waals surface area contributed by atoms with Gasteiger partial charge >= 0.3 is 5.97 Å². The Balaban J connectivity index is 1.51. The number of rotatable bonds is 6. The highest BCUT2D eigenvalue weighted by atomic mass is 35.5. The molecule has 0 saturated carbocycles. The molecule has 0 amide bonds. The molecule has 12 heteroatoms. The van der Waals surface area contributed by atoms with Crippen molar-refractivity contribution in [1.29, 1.82) is 0 Å². The first-order chi connectivity index (χ1) is 14.9. The van der Waals surface area contributed by atoms with E-state index >= 15 is 0 Å². The summed E-state index contributed by atoms with van der Waals surface area (Å²) in [7, 11) is 0. The van der Waals surface area contributed by atoms with Crippen LogP contribution in [-0.4, -0.2) is 50.6 Å². The summed E-state index contributed by atoms with van der Waals surface area (Å²) in [6.07, 6.45) is 1.42. The third-order valence-electron chi connectivity index (χ3n) is 4.60. The lowest BCUT2D eigenvalue weighted by molar-refractivity contribution is -0.282. The SMILES string of the molecule is O=C(O)C(Cc1ccccc1F)N1CON(c2cc(Cl)ccc2-n2cc(Cl)nn2)CO1. The van der Waals surface area contributed by atoms with Gasteiger partial charge in [-0.3, -0.25) is 14.5 Å². The van der Waals surface area contributed by atoms with Gasteiger partial charge in [-0.15, -0.1) is 10.2 Å². The van der Waals surface area contributed by atoms with Crippen molar-refractivity contribution in [2.45, 2.75) is 12.5 Å². The van der Waals surface area contributed by atoms with E-state index in [0.717, 1.165) is 5.06 Å². The third-order valence-corrected chi connectivity index (χ3v) is 5.01. The highest BCUT2D eigenvalue weighted by Gasteiger charge is 2.33. The Morgan fingerprint density at radius 1 is 1.16 bits per heavy atom. The number of halogens is 3. The van der Waals surface area contributed by atoms with Crippen molar-refractivity contribution in [2.75, 3.05) is 18.5 Å². The Bertz CT molecular complexity index is 1090. The molecule has 0 bridgehead atoms. The summed E-state index contributed by atoms with van der Waals surface area (Å²) in [6.45, 7) is -0.355. The van der Waals surface area contributed by atoms with E-state index in [1.165, 1.54) is 34.1 Å². The molecule has 1 atom stereocenters. The minimum atomic E-state index is -1.17. The summed E-state index contributed by atoms with van der Waals surface area (Å²) < 4.78 is 15.4. The van der Waals surface area contributed by atoms with E-state index in [-0.39, 0.29) is 30.6 Å². The molecule has 3 aromatic rings. The highest BCUT2D eigenvalue weighted by molar-refractivity contribution is 6.31. The first-order valence-corrected chi connectivity index (χ1v) is 9.82. The van der Waals surface area contributed by atoms with Gasteiger partial charge < -0.3 is 5.11 Å². The number of hydrogen-bond acceptors (Lipinski definition) is 7. The summed E-state index contributed by atoms with van der Waals surface area (Å²) in [6, 6.07) is 9.86. The van der Waals surface area contributed by atoms with Crippen LogP contribution in [0.3, 0.4) is 0 Å². The van der Waals surface area contributed by atoms with Gasteiger partial charge in [0.05, 0.1) is 17.6 Å². The van der Waals surface area contributed by atoms with Crippen LogP contribution < -0.4 is 5.06 Å². The number of aliphatic carboxylic acids is 1. The van der Waals surface area contributed by atoms with Gasteiger partial charge in [-0.05, 0) is 29.8 Å². The quantitative estimate of drug-likeness (QED) is 0.589. The lowest BCUT2D eigenvalue weighted by atomic mass is 10.1. The summed E-state index contributed by atoms with van der Waals surface area (Å²) in [5, 5.41) is 20.5. The molecule has 1 aliphatic rings. The van der Waals surface area contributed by atoms with E-state index in [2.05, 4.69) is 10.3 Å². The number of carbonyl (C=O) groups is 1. The second-order valence-corrected chi connectivity index (χ2v) is 7.40. The lowest BCUT2D eigenvalue weighted by Crippen LogP contribution is -2.51. The Hall–Kier alpha value is -2.76. The van der Waals surface area contributed by atoms with Crippen LogP contribution in [-0.2, 0) is 20.9 Å². The number of anilines is 1. The molecule has 1 N–H and O–H groups in total. The highest BCUT2D eigenvalue weighted by Crippen LogP contribution is 2.30. The van der Waals surface area contributed by atoms with Crippen molar-refractivity contribution >= 4 is 34.9 Å². The van der Waals surface area contributed by atoms with E-state index in [9.17, 15) is 14.3 Å². The van der Waals surface area contributed by atoms with Crippen LogP contribution in [0.1, 0.15) is 5.56 Å². The number of hydroxylamine groups is 3. The van der Waals surface area contributed by atoms with Gasteiger partial charge in [-0.2, -0.15) is 0 Å². The molecule has 1 aliphatic heterocycles. The first kappa shape index (κ1) is 21.5. The van der Waals surface area contributed by atoms with Crippen LogP contribution in [0.4, 0.5) is 10.1 Å². The summed E-state index contributed by atoms with van der Waals surface area (Å²) >= 11 is 12.0. The zero-order valence-electron chi connectivity index (χ0n) is 15.9. The zero-order chi connectivity index (χ0) is 22.0. The van der Waals surface area contributed by atoms with E-state index in [0.29, 0.717) is 16.4 Å². The molecule has 2 heterocycles. The minimum absolute atomic E-state index is 0.0920. The molecular weight excluding hydrogens is 452 g/mol. The molecule has 0 spiro atoms. The minimum Gasteiger partial charge on any atom is -0.480 e. The fourth-order valence-electron chi connectivity index (χ4n) is 3.08. The largest absolute Gasteiger partial charge is 0.480 e. The summed E-state index contributed by atoms with van der Waals surface area (Å²) in [5.74, 6) is -1.65. The lowest BCUT2D eigenvalue weighted by Gasteiger charge is -2.37. The van der Waals surface area contributed by atoms with Crippen molar-refractivity contribution in [2.24, 2.45) is 0 Å². The summed E-state index contributed by atoms with van der Waals surface area (Å²) in [4.78, 5) is 23.1. The fourth-order valence-corrected chi connectivity index (χ4v) is 3.38. The summed E-state index contributed by atoms with van der Waals surface area (Å²) in [5.41, 5.74) is 1.35. The smallest absolute Gasteiger partial charge is 0.323 e. The maximum absolute atomic E-state index is 14.0. The van der Waals surface area contributed by atoms with Gasteiger partial charge in [0.2, 0.25) is 0 Å². The first-order valence-electron chi connectivity index (χ1n) is 9.06. The number of benzene rings is 2. The van der Waals surface area contributed by atoms with Gasteiger partial charge in [-0.25, -0.2) is 14.1 Å². The maximum atomic E-state index is 14.0. The van der Waals surface area contributed by atoms with E-state index < -0.39 is 17.8 Å². The average molecular weight is 468 g/mol. The third kappa shape index (κ3) is 4.78. The average Bonchev–Trinajstić information content (AvgIpc) is 3.19. The van der Waals surface area contributed by atoms with Gasteiger partial charge in [0.25, 0.3) is 0 Å². The molecule has 162 valence electrons. The van der Waals surface area contributed by atoms with Gasteiger partial charge in [0.15, 0.2) is 18.6 Å². The van der Waals surface area contributed by atoms with Gasteiger partial charge in [-0.1, -0.05) is 46.6 Å². The van der Waals surface area contributed by atoms with Crippen LogP contribution in [0.15, 0.2) is 48.7 Å². The number of nitrogens with zero attached hydrogens (tertiary/aromatic N) is 5. The fraction of sp³-hybridized carbons (Fsp3) is 0.211. The molecule has 2 aromatic carbocycles. The standard InChI is InChI=1S/C19H16Cl2FN5O4/c20-13-5-6-15(25-9-18(21)23-24-25)16(8-13)26-10-31-27(11-30-26)17(19(28)29)7-12-3-1-2-4-14(12)22/h1-6,8-9,17H,7,10-11H2,(H,28,29). The number of hydrogen-bond donors (Lipinski definition) is 1. The monoisotopic (exact) mass is 467 g/mol. The molecule has 9 nitrogen and oxygen atoms in total. The van der Waals surface area contributed by atoms with E-state index in [4.69, 9.17) is 32.9 Å². The Kier molecular flexibility index (Phi) is 6.35. The topological polar surface area (TPSA) is 93.0 Å². The van der Waals surface area contributed by atoms with E-state index in [1.807, 2.05) is 0 Å². The predicted molar refractivity (Wildman–Crippen MR) is 109 cm³/mol. The van der Waals surface area contributed by atoms with Crippen molar-refractivity contribution in [3.8, 4) is 5.69 Å². The van der Waals surface area contributed by atoms with Gasteiger partial charge in [0, 0.05) is 11.4 Å². The molecular formula is C19H16Cl2FN5O4. The van der Waals surface area contributed by atoms with Crippen LogP contribution in [0.5, 0.6) is 0 Å². The number of carboxylic acid groups (broad SMARTS) is 1. The van der Waals surface area contributed by atoms with Crippen molar-refractivity contribution in [3.63, 3.8) is 0 Å². The van der Waals surface area contributed by atoms with Crippen LogP contribution in [0.2, 0.25) is 10.2 Å². The van der Waals surface area contributed by atoms with Crippen LogP contribution in [0.25, 0.3) is 5.69 Å². The Morgan fingerprint density at radius 2 is 1.97 bits per heavy atom. The molecule has 0 aliphatic carbocycles. The van der Waals surface area contributed by atoms with Gasteiger partial charge in [0.1, 0.15) is 11.9 Å². The molecule has 0 radical (unpaired) electrons. The Labute approximate surface area is 186 Å². The molecule has 31 heavy (non-hydrogen) atoms. The van der Waals surface area contributed by atoms with Crippen molar-refractivity contribution in [1.82, 2.24) is 20.1 Å². The van der Waals surface area contributed by atoms with Crippen LogP contribution in [0, 0.1) is 5.82 Å². The molecule has 1 fully saturated rings. The van der Waals surface area contributed by atoms with E-state index in [1.54, 1.807) is 24.3 Å². The second kappa shape index (κ2) is 9.16. The molecule has 1 unspecified atom stereocenters. The normalized spacial score (nSPS) is 15.8. The second-order valence-electron chi connectivity index (χ2n) is 6.58. The van der Waals surface area contributed by atoms with Crippen molar-refractivity contribution in [3.05, 3.63) is 70.2 Å². The maximum Gasteiger partial charge on any atom is 0.323 e. The Morgan fingerprint density at radius 3 is 2.61 bits per heavy atom. The number of aromatic nitrogens is 3. The predicted octanol–water partition coefficient (Wildman–Crippen LogP) is 3.31. The zero-order valence-corrected chi connectivity index (χ0v) is 17.4. The number of carboxylic acids is 1. The molecule has 1 saturated heterocycles. The van der Waals surface area contributed by atoms with Crippen molar-refractivity contribution < 1.29 is 24.0 Å². The molecule has 1 aromatic heterocycles. The van der Waals surface area contributed by atoms with Crippen LogP contribution >= 0.6 is 23.2 Å².